The number of nitrogens with zero attached hydrogens (tertiary/aromatic N) is 2. The average Bonchev–Trinajstić information content (AvgIpc) is 2.52. The van der Waals surface area contributed by atoms with Crippen LogP contribution in [-0.2, 0) is 0 Å². The van der Waals surface area contributed by atoms with Crippen LogP contribution in [0.25, 0.3) is 0 Å². The van der Waals surface area contributed by atoms with Crippen LogP contribution in [0.15, 0.2) is 29.5 Å². The minimum absolute atomic E-state index is 0. The van der Waals surface area contributed by atoms with Gasteiger partial charge in [0.1, 0.15) is 12.4 Å². The molecule has 22 heavy (non-hydrogen) atoms. The Hall–Kier alpha value is -0.700. The molecule has 0 aliphatic carbocycles. The van der Waals surface area contributed by atoms with E-state index < -0.39 is 0 Å². The van der Waals surface area contributed by atoms with Gasteiger partial charge in [-0.25, -0.2) is 0 Å². The third-order valence-corrected chi connectivity index (χ3v) is 3.37. The first-order chi connectivity index (χ1) is 10.4. The summed E-state index contributed by atoms with van der Waals surface area (Å²) < 4.78 is 5.58. The number of hydrogen-bond donors (Lipinski definition) is 2. The number of unbranched alkanes of at least 4 members (excludes halogenated alkanes) is 1. The zero-order valence-electron chi connectivity index (χ0n) is 13.4. The van der Waals surface area contributed by atoms with Crippen molar-refractivity contribution in [3.8, 4) is 5.75 Å². The summed E-state index contributed by atoms with van der Waals surface area (Å²) in [4.78, 5) is 8.56. The van der Waals surface area contributed by atoms with Crippen LogP contribution in [0.3, 0.4) is 0 Å². The highest BCUT2D eigenvalue weighted by Gasteiger charge is 1.97. The molecule has 0 fully saturated rings. The number of thioether (sulfide) groups is 1. The Morgan fingerprint density at radius 3 is 2.91 bits per heavy atom. The maximum absolute atomic E-state index is 5.58. The number of guanidine groups is 1. The molecular formula is C15H27IN4OS. The fraction of sp³-hybridized carbons (Fsp3) is 0.600. The Kier molecular flexibility index (Phi) is 14.7. The molecule has 126 valence electrons. The molecule has 0 unspecified atom stereocenters. The van der Waals surface area contributed by atoms with Crippen LogP contribution in [0.5, 0.6) is 5.75 Å². The van der Waals surface area contributed by atoms with E-state index in [1.807, 2.05) is 23.9 Å². The normalized spacial score (nSPS) is 10.7. The molecule has 0 aromatic carbocycles. The molecule has 7 heteroatoms. The number of hydrogen-bond acceptors (Lipinski definition) is 4. The summed E-state index contributed by atoms with van der Waals surface area (Å²) >= 11 is 1.88. The van der Waals surface area contributed by atoms with Crippen molar-refractivity contribution in [2.75, 3.05) is 38.2 Å². The number of halogens is 1. The van der Waals surface area contributed by atoms with E-state index >= 15 is 0 Å². The van der Waals surface area contributed by atoms with E-state index in [0.29, 0.717) is 13.2 Å². The lowest BCUT2D eigenvalue weighted by Crippen LogP contribution is -2.39. The summed E-state index contributed by atoms with van der Waals surface area (Å²) in [6, 6.07) is 3.76. The molecular weight excluding hydrogens is 411 g/mol. The van der Waals surface area contributed by atoms with Crippen molar-refractivity contribution in [1.82, 2.24) is 15.6 Å². The molecule has 2 N–H and O–H groups in total. The molecule has 1 aromatic rings. The summed E-state index contributed by atoms with van der Waals surface area (Å²) in [7, 11) is 0. The first kappa shape index (κ1) is 21.3. The Labute approximate surface area is 155 Å². The van der Waals surface area contributed by atoms with Gasteiger partial charge in [0.25, 0.3) is 0 Å². The van der Waals surface area contributed by atoms with E-state index in [4.69, 9.17) is 4.74 Å². The third-order valence-electron chi connectivity index (χ3n) is 2.67. The van der Waals surface area contributed by atoms with E-state index in [2.05, 4.69) is 33.8 Å². The lowest BCUT2D eigenvalue weighted by molar-refractivity contribution is 0.320. The molecule has 1 rings (SSSR count). The summed E-state index contributed by atoms with van der Waals surface area (Å²) in [5, 5.41) is 6.51. The quantitative estimate of drug-likeness (QED) is 0.255. The van der Waals surface area contributed by atoms with Gasteiger partial charge in [-0.05, 0) is 43.9 Å². The SMILES string of the molecule is CCNC(=NCCCCSC)NCCOc1cccnc1.I. The topological polar surface area (TPSA) is 58.5 Å². The molecule has 1 heterocycles. The standard InChI is InChI=1S/C15H26N4OS.HI/c1-3-17-15(18-9-4-5-12-21-2)19-10-11-20-14-7-6-8-16-13-14;/h6-8,13H,3-5,9-12H2,1-2H3,(H2,17,18,19);1H. The fourth-order valence-corrected chi connectivity index (χ4v) is 2.15. The molecule has 0 saturated carbocycles. The molecule has 0 spiro atoms. The van der Waals surface area contributed by atoms with Crippen molar-refractivity contribution >= 4 is 41.7 Å². The molecule has 5 nitrogen and oxygen atoms in total. The van der Waals surface area contributed by atoms with Crippen LogP contribution < -0.4 is 15.4 Å². The second kappa shape index (κ2) is 15.2. The van der Waals surface area contributed by atoms with E-state index in [1.165, 1.54) is 12.2 Å². The third kappa shape index (κ3) is 10.9. The Morgan fingerprint density at radius 2 is 2.23 bits per heavy atom. The van der Waals surface area contributed by atoms with Gasteiger partial charge in [0.15, 0.2) is 5.96 Å². The van der Waals surface area contributed by atoms with Crippen molar-refractivity contribution in [2.24, 2.45) is 4.99 Å². The molecule has 0 atom stereocenters. The van der Waals surface area contributed by atoms with Crippen LogP contribution in [-0.4, -0.2) is 49.2 Å². The lowest BCUT2D eigenvalue weighted by atomic mass is 10.3. The largest absolute Gasteiger partial charge is 0.490 e. The lowest BCUT2D eigenvalue weighted by Gasteiger charge is -2.11. The Balaban J connectivity index is 0.00000441. The molecule has 0 bridgehead atoms. The molecule has 0 aliphatic rings. The average molecular weight is 438 g/mol. The van der Waals surface area contributed by atoms with E-state index in [1.54, 1.807) is 12.4 Å². The van der Waals surface area contributed by atoms with Gasteiger partial charge >= 0.3 is 0 Å². The van der Waals surface area contributed by atoms with E-state index in [9.17, 15) is 0 Å². The highest BCUT2D eigenvalue weighted by Crippen LogP contribution is 2.04. The summed E-state index contributed by atoms with van der Waals surface area (Å²) in [6.07, 6.45) is 7.93. The van der Waals surface area contributed by atoms with Crippen molar-refractivity contribution in [2.45, 2.75) is 19.8 Å². The van der Waals surface area contributed by atoms with Crippen molar-refractivity contribution in [1.29, 1.82) is 0 Å². The van der Waals surface area contributed by atoms with Crippen molar-refractivity contribution in [3.63, 3.8) is 0 Å². The van der Waals surface area contributed by atoms with E-state index in [-0.39, 0.29) is 24.0 Å². The van der Waals surface area contributed by atoms with Gasteiger partial charge in [0.2, 0.25) is 0 Å². The number of rotatable bonds is 10. The van der Waals surface area contributed by atoms with Crippen molar-refractivity contribution in [3.05, 3.63) is 24.5 Å². The number of aromatic nitrogens is 1. The van der Waals surface area contributed by atoms with Crippen LogP contribution in [0.4, 0.5) is 0 Å². The predicted octanol–water partition coefficient (Wildman–Crippen LogP) is 2.78. The Bertz CT molecular complexity index is 392. The maximum atomic E-state index is 5.58. The summed E-state index contributed by atoms with van der Waals surface area (Å²) in [5.74, 6) is 2.85. The van der Waals surface area contributed by atoms with Gasteiger partial charge in [-0.3, -0.25) is 9.98 Å². The van der Waals surface area contributed by atoms with Gasteiger partial charge < -0.3 is 15.4 Å². The number of pyridine rings is 1. The number of aliphatic imine (C=N–C) groups is 1. The maximum Gasteiger partial charge on any atom is 0.191 e. The highest BCUT2D eigenvalue weighted by molar-refractivity contribution is 14.0. The minimum Gasteiger partial charge on any atom is -0.490 e. The molecule has 0 aliphatic heterocycles. The van der Waals surface area contributed by atoms with Gasteiger partial charge in [-0.2, -0.15) is 11.8 Å². The zero-order chi connectivity index (χ0) is 15.2. The number of nitrogens with one attached hydrogen (secondary N) is 2. The highest BCUT2D eigenvalue weighted by atomic mass is 127. The monoisotopic (exact) mass is 438 g/mol. The first-order valence-corrected chi connectivity index (χ1v) is 8.80. The smallest absolute Gasteiger partial charge is 0.191 e. The van der Waals surface area contributed by atoms with Crippen LogP contribution >= 0.6 is 35.7 Å². The zero-order valence-corrected chi connectivity index (χ0v) is 16.5. The van der Waals surface area contributed by atoms with Crippen LogP contribution in [0.1, 0.15) is 19.8 Å². The van der Waals surface area contributed by atoms with Gasteiger partial charge in [0.05, 0.1) is 12.7 Å². The van der Waals surface area contributed by atoms with Gasteiger partial charge in [0, 0.05) is 19.3 Å². The van der Waals surface area contributed by atoms with Gasteiger partial charge in [-0.1, -0.05) is 0 Å². The first-order valence-electron chi connectivity index (χ1n) is 7.40. The minimum atomic E-state index is 0. The molecule has 0 radical (unpaired) electrons. The second-order valence-corrected chi connectivity index (χ2v) is 5.41. The van der Waals surface area contributed by atoms with Crippen molar-refractivity contribution < 1.29 is 4.74 Å². The molecule has 0 amide bonds. The molecule has 0 saturated heterocycles. The fourth-order valence-electron chi connectivity index (χ4n) is 1.66. The Morgan fingerprint density at radius 1 is 1.36 bits per heavy atom. The van der Waals surface area contributed by atoms with E-state index in [0.717, 1.165) is 31.2 Å². The second-order valence-electron chi connectivity index (χ2n) is 4.42. The summed E-state index contributed by atoms with van der Waals surface area (Å²) in [5.41, 5.74) is 0. The predicted molar refractivity (Wildman–Crippen MR) is 107 cm³/mol. The molecule has 1 aromatic heterocycles. The summed E-state index contributed by atoms with van der Waals surface area (Å²) in [6.45, 7) is 5.09. The van der Waals surface area contributed by atoms with Crippen LogP contribution in [0, 0.1) is 0 Å². The number of ether oxygens (including phenoxy) is 1. The van der Waals surface area contributed by atoms with Crippen LogP contribution in [0.2, 0.25) is 0 Å². The van der Waals surface area contributed by atoms with Gasteiger partial charge in [-0.15, -0.1) is 24.0 Å².